The second-order valence-electron chi connectivity index (χ2n) is 5.78. The molecule has 0 heterocycles. The highest BCUT2D eigenvalue weighted by Gasteiger charge is 2.22. The molecule has 0 aliphatic rings. The normalized spacial score (nSPS) is 11.4. The van der Waals surface area contributed by atoms with E-state index in [1.165, 1.54) is 36.0 Å². The maximum absolute atomic E-state index is 12.5. The second kappa shape index (κ2) is 10.6. The molecule has 2 rings (SSSR count). The number of rotatable bonds is 7. The summed E-state index contributed by atoms with van der Waals surface area (Å²) in [5.41, 5.74) is 5.14. The summed E-state index contributed by atoms with van der Waals surface area (Å²) in [5.74, 6) is -0.917. The number of amides is 3. The van der Waals surface area contributed by atoms with Crippen LogP contribution in [0.15, 0.2) is 48.5 Å². The van der Waals surface area contributed by atoms with E-state index in [0.717, 1.165) is 0 Å². The Kier molecular flexibility index (Phi) is 8.16. The van der Waals surface area contributed by atoms with Crippen molar-refractivity contribution in [3.05, 3.63) is 64.7 Å². The molecule has 0 spiro atoms. The molecule has 0 aromatic heterocycles. The van der Waals surface area contributed by atoms with Gasteiger partial charge in [-0.25, -0.2) is 0 Å². The molecule has 2 aromatic carbocycles. The van der Waals surface area contributed by atoms with E-state index in [-0.39, 0.29) is 21.9 Å². The number of thioether (sulfide) groups is 1. The van der Waals surface area contributed by atoms with Crippen LogP contribution in [-0.2, 0) is 4.79 Å². The molecule has 28 heavy (non-hydrogen) atoms. The van der Waals surface area contributed by atoms with Gasteiger partial charge in [-0.15, -0.1) is 0 Å². The molecular formula is C19H20ClN3O4S. The molecule has 4 N–H and O–H groups in total. The Bertz CT molecular complexity index is 845. The molecule has 0 fully saturated rings. The number of carbonyl (C=O) groups is 3. The monoisotopic (exact) mass is 421 g/mol. The standard InChI is InChI=1S/C19H20ClN3O4S/c1-28-11-10-16(21-18(26)14-4-2-3-5-15(14)20)19(27)23-22-17(25)12-6-8-13(24)9-7-12/h2-9,16,24H,10-11H2,1H3,(H,21,26)(H,22,25)(H,23,27)/t16-/m0/s1. The quantitative estimate of drug-likeness (QED) is 0.513. The van der Waals surface area contributed by atoms with Crippen molar-refractivity contribution in [3.8, 4) is 5.75 Å². The zero-order chi connectivity index (χ0) is 20.5. The first-order valence-corrected chi connectivity index (χ1v) is 10.1. The van der Waals surface area contributed by atoms with Gasteiger partial charge in [0.1, 0.15) is 11.8 Å². The minimum atomic E-state index is -0.851. The Morgan fingerprint density at radius 3 is 2.36 bits per heavy atom. The average Bonchev–Trinajstić information content (AvgIpc) is 2.69. The van der Waals surface area contributed by atoms with Crippen molar-refractivity contribution in [2.24, 2.45) is 0 Å². The Labute approximate surface area is 171 Å². The lowest BCUT2D eigenvalue weighted by Crippen LogP contribution is -2.52. The van der Waals surface area contributed by atoms with Crippen molar-refractivity contribution in [1.82, 2.24) is 16.2 Å². The van der Waals surface area contributed by atoms with Crippen LogP contribution in [0.2, 0.25) is 5.02 Å². The SMILES string of the molecule is CSCC[C@H](NC(=O)c1ccccc1Cl)C(=O)NNC(=O)c1ccc(O)cc1. The third kappa shape index (κ3) is 6.17. The first-order chi connectivity index (χ1) is 13.4. The van der Waals surface area contributed by atoms with Gasteiger partial charge in [-0.05, 0) is 54.8 Å². The molecule has 0 radical (unpaired) electrons. The summed E-state index contributed by atoms with van der Waals surface area (Å²) in [6.07, 6.45) is 2.26. The van der Waals surface area contributed by atoms with Crippen LogP contribution in [0.3, 0.4) is 0 Å². The van der Waals surface area contributed by atoms with Crippen molar-refractivity contribution in [2.75, 3.05) is 12.0 Å². The number of carbonyl (C=O) groups excluding carboxylic acids is 3. The number of aromatic hydroxyl groups is 1. The lowest BCUT2D eigenvalue weighted by molar-refractivity contribution is -0.123. The van der Waals surface area contributed by atoms with Crippen LogP contribution in [0.25, 0.3) is 0 Å². The van der Waals surface area contributed by atoms with Crippen LogP contribution in [0.5, 0.6) is 5.75 Å². The number of hydrogen-bond acceptors (Lipinski definition) is 5. The first-order valence-electron chi connectivity index (χ1n) is 8.36. The number of benzene rings is 2. The molecule has 9 heteroatoms. The van der Waals surface area contributed by atoms with Gasteiger partial charge in [-0.2, -0.15) is 11.8 Å². The van der Waals surface area contributed by atoms with E-state index in [2.05, 4.69) is 16.2 Å². The van der Waals surface area contributed by atoms with Crippen molar-refractivity contribution < 1.29 is 19.5 Å². The molecule has 0 aliphatic heterocycles. The summed E-state index contributed by atoms with van der Waals surface area (Å²) in [7, 11) is 0. The van der Waals surface area contributed by atoms with Crippen molar-refractivity contribution in [2.45, 2.75) is 12.5 Å². The van der Waals surface area contributed by atoms with E-state index in [1.807, 2.05) is 6.26 Å². The van der Waals surface area contributed by atoms with Crippen LogP contribution in [0.1, 0.15) is 27.1 Å². The predicted octanol–water partition coefficient (Wildman–Crippen LogP) is 2.36. The maximum Gasteiger partial charge on any atom is 0.269 e. The number of halogens is 1. The smallest absolute Gasteiger partial charge is 0.269 e. The van der Waals surface area contributed by atoms with Gasteiger partial charge in [0.2, 0.25) is 0 Å². The summed E-state index contributed by atoms with van der Waals surface area (Å²) < 4.78 is 0. The lowest BCUT2D eigenvalue weighted by Gasteiger charge is -2.19. The van der Waals surface area contributed by atoms with Crippen molar-refractivity contribution in [1.29, 1.82) is 0 Å². The van der Waals surface area contributed by atoms with Gasteiger partial charge in [0.25, 0.3) is 17.7 Å². The maximum atomic E-state index is 12.5. The molecule has 148 valence electrons. The van der Waals surface area contributed by atoms with E-state index in [0.29, 0.717) is 12.2 Å². The van der Waals surface area contributed by atoms with Gasteiger partial charge in [0.15, 0.2) is 0 Å². The van der Waals surface area contributed by atoms with Crippen LogP contribution < -0.4 is 16.2 Å². The van der Waals surface area contributed by atoms with Gasteiger partial charge in [-0.1, -0.05) is 23.7 Å². The van der Waals surface area contributed by atoms with Crippen molar-refractivity contribution >= 4 is 41.1 Å². The highest BCUT2D eigenvalue weighted by Crippen LogP contribution is 2.15. The predicted molar refractivity (Wildman–Crippen MR) is 109 cm³/mol. The third-order valence-electron chi connectivity index (χ3n) is 3.78. The number of hydrogen-bond donors (Lipinski definition) is 4. The van der Waals surface area contributed by atoms with Crippen LogP contribution >= 0.6 is 23.4 Å². The average molecular weight is 422 g/mol. The van der Waals surface area contributed by atoms with Crippen LogP contribution in [0.4, 0.5) is 0 Å². The van der Waals surface area contributed by atoms with Gasteiger partial charge in [0.05, 0.1) is 10.6 Å². The Morgan fingerprint density at radius 1 is 1.04 bits per heavy atom. The van der Waals surface area contributed by atoms with E-state index < -0.39 is 23.8 Å². The minimum absolute atomic E-state index is 0.0278. The number of hydrazine groups is 1. The molecule has 3 amide bonds. The van der Waals surface area contributed by atoms with E-state index in [1.54, 1.807) is 24.3 Å². The third-order valence-corrected chi connectivity index (χ3v) is 4.75. The van der Waals surface area contributed by atoms with E-state index >= 15 is 0 Å². The Hall–Kier alpha value is -2.71. The minimum Gasteiger partial charge on any atom is -0.508 e. The summed E-state index contributed by atoms with van der Waals surface area (Å²) in [4.78, 5) is 37.0. The fourth-order valence-electron chi connectivity index (χ4n) is 2.28. The van der Waals surface area contributed by atoms with Gasteiger partial charge >= 0.3 is 0 Å². The highest BCUT2D eigenvalue weighted by atomic mass is 35.5. The molecule has 0 saturated heterocycles. The number of phenolic OH excluding ortho intramolecular Hbond substituents is 1. The molecule has 0 aliphatic carbocycles. The molecule has 0 bridgehead atoms. The fraction of sp³-hybridized carbons (Fsp3) is 0.211. The zero-order valence-electron chi connectivity index (χ0n) is 15.1. The van der Waals surface area contributed by atoms with Gasteiger partial charge < -0.3 is 10.4 Å². The largest absolute Gasteiger partial charge is 0.508 e. The number of nitrogens with one attached hydrogen (secondary N) is 3. The molecule has 0 saturated carbocycles. The topological polar surface area (TPSA) is 108 Å². The van der Waals surface area contributed by atoms with E-state index in [4.69, 9.17) is 11.6 Å². The van der Waals surface area contributed by atoms with Crippen molar-refractivity contribution in [3.63, 3.8) is 0 Å². The zero-order valence-corrected chi connectivity index (χ0v) is 16.6. The Balaban J connectivity index is 2.00. The van der Waals surface area contributed by atoms with Crippen LogP contribution in [-0.4, -0.2) is 40.9 Å². The molecular weight excluding hydrogens is 402 g/mol. The summed E-state index contributed by atoms with van der Waals surface area (Å²) in [5, 5.41) is 12.2. The van der Waals surface area contributed by atoms with E-state index in [9.17, 15) is 19.5 Å². The lowest BCUT2D eigenvalue weighted by atomic mass is 10.1. The Morgan fingerprint density at radius 2 is 1.71 bits per heavy atom. The summed E-state index contributed by atoms with van der Waals surface area (Å²) in [6, 6.07) is 11.2. The molecule has 7 nitrogen and oxygen atoms in total. The molecule has 0 unspecified atom stereocenters. The summed E-state index contributed by atoms with van der Waals surface area (Å²) in [6.45, 7) is 0. The van der Waals surface area contributed by atoms with Crippen LogP contribution in [0, 0.1) is 0 Å². The first kappa shape index (κ1) is 21.6. The highest BCUT2D eigenvalue weighted by molar-refractivity contribution is 7.98. The van der Waals surface area contributed by atoms with Gasteiger partial charge in [0, 0.05) is 5.56 Å². The van der Waals surface area contributed by atoms with Gasteiger partial charge in [-0.3, -0.25) is 25.2 Å². The fourth-order valence-corrected chi connectivity index (χ4v) is 2.97. The second-order valence-corrected chi connectivity index (χ2v) is 7.17. The summed E-state index contributed by atoms with van der Waals surface area (Å²) >= 11 is 7.56. The molecule has 1 atom stereocenters. The molecule has 2 aromatic rings. The number of phenols is 1.